The summed E-state index contributed by atoms with van der Waals surface area (Å²) in [6.45, 7) is 4.45. The Balaban J connectivity index is 0. The van der Waals surface area contributed by atoms with Crippen LogP contribution in [-0.2, 0) is 33.4 Å². The fraction of sp³-hybridized carbons (Fsp3) is 1.00. The Kier molecular flexibility index (Phi) is 8.41. The predicted octanol–water partition coefficient (Wildman–Crippen LogP) is 1.80. The third-order valence-electron chi connectivity index (χ3n) is 0.576. The van der Waals surface area contributed by atoms with Crippen molar-refractivity contribution >= 4 is 29.7 Å². The van der Waals surface area contributed by atoms with Gasteiger partial charge < -0.3 is 9.42 Å². The van der Waals surface area contributed by atoms with Gasteiger partial charge >= 0.3 is 0 Å². The summed E-state index contributed by atoms with van der Waals surface area (Å²) in [7, 11) is 0. The first kappa shape index (κ1) is 14.0. The molecule has 0 heterocycles. The van der Waals surface area contributed by atoms with Gasteiger partial charge in [-0.2, -0.15) is 0 Å². The van der Waals surface area contributed by atoms with Crippen molar-refractivity contribution in [2.24, 2.45) is 5.92 Å². The molecular weight excluding hydrogens is 239 g/mol. The molecule has 0 saturated carbocycles. The average Bonchev–Trinajstić information content (AvgIpc) is 1.59. The van der Waals surface area contributed by atoms with Crippen molar-refractivity contribution in [2.75, 3.05) is 6.61 Å². The van der Waals surface area contributed by atoms with E-state index in [1.165, 1.54) is 0 Å². The Bertz CT molecular complexity index is 124. The molecule has 0 aromatic heterocycles. The summed E-state index contributed by atoms with van der Waals surface area (Å²) < 4.78 is 4.84. The maximum Gasteiger partial charge on any atom is 0.241 e. The number of hydrogen-bond donors (Lipinski definition) is 2. The van der Waals surface area contributed by atoms with E-state index in [2.05, 4.69) is 24.1 Å². The second kappa shape index (κ2) is 6.01. The molecule has 0 aliphatic heterocycles. The quantitative estimate of drug-likeness (QED) is 0.454. The zero-order valence-electron chi connectivity index (χ0n) is 5.74. The fourth-order valence-corrected chi connectivity index (χ4v) is 1.12. The van der Waals surface area contributed by atoms with Crippen LogP contribution in [0.4, 0.5) is 0 Å². The molecule has 0 spiro atoms. The Morgan fingerprint density at radius 3 is 2.20 bits per heavy atom. The summed E-state index contributed by atoms with van der Waals surface area (Å²) in [6.07, 6.45) is 0. The van der Waals surface area contributed by atoms with Gasteiger partial charge in [0.05, 0.1) is 6.61 Å². The molecule has 1 N–H and O–H groups in total. The summed E-state index contributed by atoms with van der Waals surface area (Å²) in [4.78, 5) is 8.83. The summed E-state index contributed by atoms with van der Waals surface area (Å²) in [6, 6.07) is 0. The minimum Gasteiger partial charge on any atom is -0.338 e. The van der Waals surface area contributed by atoms with Crippen LogP contribution in [0.2, 0.25) is 0 Å². The van der Waals surface area contributed by atoms with E-state index in [0.29, 0.717) is 12.5 Å². The summed E-state index contributed by atoms with van der Waals surface area (Å²) in [5.41, 5.74) is -2.69. The van der Waals surface area contributed by atoms with E-state index in [4.69, 9.17) is 9.42 Å². The summed E-state index contributed by atoms with van der Waals surface area (Å²) in [5.74, 6) is 0.395. The van der Waals surface area contributed by atoms with Crippen LogP contribution in [0.5, 0.6) is 0 Å². The average molecular weight is 250 g/mol. The molecule has 67 valence electrons. The third-order valence-corrected chi connectivity index (χ3v) is 1.72. The van der Waals surface area contributed by atoms with E-state index in [1.54, 1.807) is 0 Å². The van der Waals surface area contributed by atoms with Gasteiger partial charge in [0, 0.05) is 17.1 Å². The van der Waals surface area contributed by atoms with Crippen LogP contribution >= 0.6 is 17.9 Å². The smallest absolute Gasteiger partial charge is 0.241 e. The molecule has 1 atom stereocenters. The first-order chi connectivity index (χ1) is 3.92. The van der Waals surface area contributed by atoms with E-state index >= 15 is 0 Å². The Hall–Kier alpha value is 1.44. The van der Waals surface area contributed by atoms with Crippen LogP contribution in [-0.4, -0.2) is 11.5 Å². The topological polar surface area (TPSA) is 29.5 Å². The van der Waals surface area contributed by atoms with Crippen LogP contribution < -0.4 is 0 Å². The third kappa shape index (κ3) is 12.1. The van der Waals surface area contributed by atoms with Crippen molar-refractivity contribution < 1.29 is 26.5 Å². The molecule has 2 nitrogen and oxygen atoms in total. The van der Waals surface area contributed by atoms with E-state index < -0.39 is 5.69 Å². The first-order valence-electron chi connectivity index (χ1n) is 2.62. The molecule has 0 aliphatic rings. The number of hydrogen-bond acceptors (Lipinski definition) is 2. The molecule has 0 saturated heterocycles. The Labute approximate surface area is 82.5 Å². The van der Waals surface area contributed by atoms with Gasteiger partial charge in [-0.25, -0.2) is 0 Å². The van der Waals surface area contributed by atoms with Crippen molar-refractivity contribution in [3.8, 4) is 0 Å². The van der Waals surface area contributed by atoms with Crippen molar-refractivity contribution in [3.63, 3.8) is 0 Å². The van der Waals surface area contributed by atoms with Gasteiger partial charge in [0.2, 0.25) is 5.69 Å². The number of rotatable bonds is 3. The van der Waals surface area contributed by atoms with Crippen LogP contribution in [0.3, 0.4) is 0 Å². The van der Waals surface area contributed by atoms with Crippen molar-refractivity contribution in [1.29, 1.82) is 0 Å². The van der Waals surface area contributed by atoms with Crippen LogP contribution in [0.1, 0.15) is 13.8 Å². The normalized spacial score (nSPS) is 16.1. The molecule has 0 aromatic carbocycles. The second-order valence-corrected chi connectivity index (χ2v) is 7.34. The maximum atomic E-state index is 8.83. The summed E-state index contributed by atoms with van der Waals surface area (Å²) >= 11 is 8.20. The van der Waals surface area contributed by atoms with E-state index in [0.717, 1.165) is 0 Å². The largest absolute Gasteiger partial charge is 0.338 e. The van der Waals surface area contributed by atoms with Gasteiger partial charge in [-0.15, -0.1) is 0 Å². The van der Waals surface area contributed by atoms with Gasteiger partial charge in [0.25, 0.3) is 0 Å². The molecule has 0 amide bonds. The van der Waals surface area contributed by atoms with Gasteiger partial charge in [0.1, 0.15) is 0 Å². The molecule has 0 bridgehead atoms. The van der Waals surface area contributed by atoms with Crippen molar-refractivity contribution in [2.45, 2.75) is 13.8 Å². The Morgan fingerprint density at radius 1 is 1.70 bits per heavy atom. The van der Waals surface area contributed by atoms with Crippen LogP contribution in [0, 0.1) is 5.92 Å². The minimum absolute atomic E-state index is 0. The predicted molar refractivity (Wildman–Crippen MR) is 46.3 cm³/mol. The minimum atomic E-state index is -2.69. The number of thiol groups is 1. The fourth-order valence-electron chi connectivity index (χ4n) is 0.246. The molecule has 1 unspecified atom stereocenters. The molecule has 0 aromatic rings. The van der Waals surface area contributed by atoms with Crippen LogP contribution in [0.15, 0.2) is 0 Å². The molecule has 0 fully saturated rings. The molecule has 10 heavy (non-hydrogen) atoms. The Morgan fingerprint density at radius 2 is 2.10 bits per heavy atom. The van der Waals surface area contributed by atoms with Crippen molar-refractivity contribution in [3.05, 3.63) is 0 Å². The van der Waals surface area contributed by atoms with Crippen LogP contribution in [0.25, 0.3) is 0 Å². The molecule has 0 rings (SSSR count). The van der Waals surface area contributed by atoms with Gasteiger partial charge in [-0.1, -0.05) is 26.1 Å². The monoisotopic (exact) mass is 249 g/mol. The molecule has 1 radical (unpaired) electrons. The maximum absolute atomic E-state index is 8.83. The molecule has 6 heteroatoms. The second-order valence-electron chi connectivity index (χ2n) is 2.18. The zero-order valence-corrected chi connectivity index (χ0v) is 9.29. The van der Waals surface area contributed by atoms with Crippen molar-refractivity contribution in [1.82, 2.24) is 0 Å². The van der Waals surface area contributed by atoms with Gasteiger partial charge in [-0.3, -0.25) is 0 Å². The zero-order chi connectivity index (χ0) is 7.49. The molecule has 0 aliphatic carbocycles. The van der Waals surface area contributed by atoms with E-state index in [1.807, 2.05) is 13.8 Å². The summed E-state index contributed by atoms with van der Waals surface area (Å²) in [5, 5.41) is 0. The SMILES string of the molecule is CC(C)COP(O)(=S)S.[Cu]. The first-order valence-corrected chi connectivity index (χ1v) is 6.44. The van der Waals surface area contributed by atoms with Gasteiger partial charge in [0.15, 0.2) is 0 Å². The van der Waals surface area contributed by atoms with Gasteiger partial charge in [-0.05, 0) is 17.7 Å². The molecular formula is C4H11CuO2PS2. The standard InChI is InChI=1S/C4H11O2PS2.Cu/c1-4(2)3-6-7(5,8)9;/h4H,3H2,1-2H3,(H2,5,8,9);. The van der Waals surface area contributed by atoms with E-state index in [9.17, 15) is 0 Å². The van der Waals surface area contributed by atoms with E-state index in [-0.39, 0.29) is 17.1 Å².